The van der Waals surface area contributed by atoms with Crippen molar-refractivity contribution in [3.63, 3.8) is 0 Å². The highest BCUT2D eigenvalue weighted by Gasteiger charge is 2.50. The largest absolute Gasteiger partial charge is 0.440 e. The highest BCUT2D eigenvalue weighted by atomic mass is 19.3. The van der Waals surface area contributed by atoms with E-state index in [1.54, 1.807) is 5.32 Å². The first-order valence-corrected chi connectivity index (χ1v) is 4.28. The molecule has 0 spiro atoms. The smallest absolute Gasteiger partial charge is 0.405 e. The number of ether oxygens (including phenoxy) is 2. The van der Waals surface area contributed by atoms with E-state index in [9.17, 15) is 31.5 Å². The Morgan fingerprint density at radius 1 is 1.28 bits per heavy atom. The van der Waals surface area contributed by atoms with Crippen LogP contribution in [0.4, 0.5) is 26.7 Å². The summed E-state index contributed by atoms with van der Waals surface area (Å²) in [6.07, 6.45) is -9.10. The van der Waals surface area contributed by atoms with Gasteiger partial charge in [0, 0.05) is 0 Å². The van der Waals surface area contributed by atoms with Crippen molar-refractivity contribution < 1.29 is 41.0 Å². The van der Waals surface area contributed by atoms with Crippen LogP contribution in [0.5, 0.6) is 0 Å². The SMILES string of the molecule is NC(=O)OCC(=O)NCOC(F)C(F)(F)C(F)F. The Kier molecular flexibility index (Phi) is 6.30. The second-order valence-electron chi connectivity index (χ2n) is 2.81. The summed E-state index contributed by atoms with van der Waals surface area (Å²) in [4.78, 5) is 20.8. The third kappa shape index (κ3) is 5.61. The molecule has 0 bridgehead atoms. The van der Waals surface area contributed by atoms with Crippen molar-refractivity contribution >= 4 is 12.0 Å². The van der Waals surface area contributed by atoms with E-state index in [1.165, 1.54) is 0 Å². The topological polar surface area (TPSA) is 90.7 Å². The summed E-state index contributed by atoms with van der Waals surface area (Å²) < 4.78 is 67.9. The molecule has 0 radical (unpaired) electrons. The van der Waals surface area contributed by atoms with Gasteiger partial charge >= 0.3 is 18.4 Å². The predicted octanol–water partition coefficient (Wildman–Crippen LogP) is 0.368. The molecule has 0 aromatic heterocycles. The number of alkyl halides is 5. The van der Waals surface area contributed by atoms with Crippen LogP contribution < -0.4 is 11.1 Å². The first-order valence-electron chi connectivity index (χ1n) is 4.28. The minimum Gasteiger partial charge on any atom is -0.440 e. The van der Waals surface area contributed by atoms with Gasteiger partial charge < -0.3 is 20.5 Å². The predicted molar refractivity (Wildman–Crippen MR) is 45.5 cm³/mol. The lowest BCUT2D eigenvalue weighted by molar-refractivity contribution is -0.250. The first-order chi connectivity index (χ1) is 8.17. The van der Waals surface area contributed by atoms with Crippen LogP contribution in [0.3, 0.4) is 0 Å². The van der Waals surface area contributed by atoms with Crippen molar-refractivity contribution in [1.82, 2.24) is 5.32 Å². The molecule has 0 rings (SSSR count). The van der Waals surface area contributed by atoms with Gasteiger partial charge in [-0.25, -0.2) is 18.0 Å². The van der Waals surface area contributed by atoms with Gasteiger partial charge in [0.05, 0.1) is 0 Å². The van der Waals surface area contributed by atoms with Crippen LogP contribution in [0.1, 0.15) is 0 Å². The molecule has 0 aromatic carbocycles. The maximum Gasteiger partial charge on any atom is 0.405 e. The fourth-order valence-corrected chi connectivity index (χ4v) is 0.593. The number of amides is 2. The Hall–Kier alpha value is -1.65. The third-order valence-electron chi connectivity index (χ3n) is 1.44. The Morgan fingerprint density at radius 3 is 2.28 bits per heavy atom. The standard InChI is InChI=1S/C7H9F5N2O4/c8-4(9)7(11,12)5(10)18-2-14-3(15)1-17-6(13)16/h4-5H,1-2H2,(H2,13,16)(H,14,15). The first kappa shape index (κ1) is 16.4. The minimum atomic E-state index is -4.99. The summed E-state index contributed by atoms with van der Waals surface area (Å²) in [7, 11) is 0. The van der Waals surface area contributed by atoms with Crippen molar-refractivity contribution in [2.75, 3.05) is 13.3 Å². The van der Waals surface area contributed by atoms with Crippen LogP contribution >= 0.6 is 0 Å². The Labute approximate surface area is 97.2 Å². The molecule has 1 unspecified atom stereocenters. The number of primary amides is 1. The second-order valence-corrected chi connectivity index (χ2v) is 2.81. The third-order valence-corrected chi connectivity index (χ3v) is 1.44. The van der Waals surface area contributed by atoms with E-state index in [1.807, 2.05) is 0 Å². The maximum absolute atomic E-state index is 12.5. The van der Waals surface area contributed by atoms with Gasteiger partial charge in [0.25, 0.3) is 12.3 Å². The van der Waals surface area contributed by atoms with Crippen LogP contribution in [0.25, 0.3) is 0 Å². The maximum atomic E-state index is 12.5. The van der Waals surface area contributed by atoms with Crippen molar-refractivity contribution in [2.24, 2.45) is 5.73 Å². The quantitative estimate of drug-likeness (QED) is 0.520. The average molecular weight is 280 g/mol. The zero-order chi connectivity index (χ0) is 14.3. The normalized spacial score (nSPS) is 13.2. The van der Waals surface area contributed by atoms with Crippen LogP contribution in [-0.2, 0) is 14.3 Å². The summed E-state index contributed by atoms with van der Waals surface area (Å²) in [5.74, 6) is -6.03. The molecular formula is C7H9F5N2O4. The van der Waals surface area contributed by atoms with Gasteiger partial charge in [-0.05, 0) is 0 Å². The molecule has 11 heteroatoms. The van der Waals surface area contributed by atoms with Crippen molar-refractivity contribution in [1.29, 1.82) is 0 Å². The number of nitrogens with two attached hydrogens (primary N) is 1. The van der Waals surface area contributed by atoms with Crippen molar-refractivity contribution in [2.45, 2.75) is 18.7 Å². The van der Waals surface area contributed by atoms with Gasteiger partial charge in [0.2, 0.25) is 0 Å². The van der Waals surface area contributed by atoms with Crippen LogP contribution in [0.15, 0.2) is 0 Å². The van der Waals surface area contributed by atoms with Gasteiger partial charge in [-0.3, -0.25) is 4.79 Å². The molecular weight excluding hydrogens is 271 g/mol. The summed E-state index contributed by atoms with van der Waals surface area (Å²) in [5, 5.41) is 1.67. The second kappa shape index (κ2) is 6.93. The van der Waals surface area contributed by atoms with Crippen LogP contribution in [-0.4, -0.2) is 44.0 Å². The van der Waals surface area contributed by atoms with Gasteiger partial charge in [-0.2, -0.15) is 8.78 Å². The molecule has 1 atom stereocenters. The summed E-state index contributed by atoms with van der Waals surface area (Å²) in [6.45, 7) is -1.95. The summed E-state index contributed by atoms with van der Waals surface area (Å²) in [6, 6.07) is 0. The van der Waals surface area contributed by atoms with E-state index in [-0.39, 0.29) is 0 Å². The molecule has 106 valence electrons. The Morgan fingerprint density at radius 2 is 1.83 bits per heavy atom. The monoisotopic (exact) mass is 280 g/mol. The molecule has 0 heterocycles. The van der Waals surface area contributed by atoms with Crippen LogP contribution in [0.2, 0.25) is 0 Å². The van der Waals surface area contributed by atoms with E-state index >= 15 is 0 Å². The van der Waals surface area contributed by atoms with E-state index in [4.69, 9.17) is 0 Å². The zero-order valence-electron chi connectivity index (χ0n) is 8.67. The van der Waals surface area contributed by atoms with E-state index in [2.05, 4.69) is 15.2 Å². The summed E-state index contributed by atoms with van der Waals surface area (Å²) in [5.41, 5.74) is 4.49. The molecule has 0 fully saturated rings. The lowest BCUT2D eigenvalue weighted by Crippen LogP contribution is -2.42. The molecule has 0 aliphatic carbocycles. The molecule has 0 aliphatic rings. The highest BCUT2D eigenvalue weighted by molar-refractivity contribution is 5.79. The average Bonchev–Trinajstić information content (AvgIpc) is 2.25. The number of carbonyl (C=O) groups is 2. The molecule has 18 heavy (non-hydrogen) atoms. The molecule has 0 aliphatic heterocycles. The van der Waals surface area contributed by atoms with Crippen LogP contribution in [0, 0.1) is 0 Å². The molecule has 2 amide bonds. The van der Waals surface area contributed by atoms with E-state index in [0.29, 0.717) is 0 Å². The fourth-order valence-electron chi connectivity index (χ4n) is 0.593. The van der Waals surface area contributed by atoms with Gasteiger partial charge in [-0.1, -0.05) is 0 Å². The van der Waals surface area contributed by atoms with Gasteiger partial charge in [0.1, 0.15) is 6.73 Å². The number of carbonyl (C=O) groups excluding carboxylic acids is 2. The number of hydrogen-bond donors (Lipinski definition) is 2. The molecule has 6 nitrogen and oxygen atoms in total. The number of halogens is 5. The summed E-state index contributed by atoms with van der Waals surface area (Å²) >= 11 is 0. The number of hydrogen-bond acceptors (Lipinski definition) is 4. The number of nitrogens with one attached hydrogen (secondary N) is 1. The van der Waals surface area contributed by atoms with Crippen molar-refractivity contribution in [3.05, 3.63) is 0 Å². The Bertz CT molecular complexity index is 302. The van der Waals surface area contributed by atoms with E-state index < -0.39 is 44.0 Å². The fraction of sp³-hybridized carbons (Fsp3) is 0.714. The lowest BCUT2D eigenvalue weighted by atomic mass is 10.3. The minimum absolute atomic E-state index is 0.846. The van der Waals surface area contributed by atoms with Gasteiger partial charge in [-0.15, -0.1) is 0 Å². The molecule has 0 aromatic rings. The van der Waals surface area contributed by atoms with Gasteiger partial charge in [0.15, 0.2) is 6.61 Å². The number of rotatable bonds is 7. The van der Waals surface area contributed by atoms with Crippen molar-refractivity contribution in [3.8, 4) is 0 Å². The Balaban J connectivity index is 3.91. The highest BCUT2D eigenvalue weighted by Crippen LogP contribution is 2.29. The molecule has 0 saturated heterocycles. The zero-order valence-corrected chi connectivity index (χ0v) is 8.67. The lowest BCUT2D eigenvalue weighted by Gasteiger charge is -2.19. The van der Waals surface area contributed by atoms with E-state index in [0.717, 1.165) is 0 Å². The molecule has 0 saturated carbocycles. The molecule has 3 N–H and O–H groups in total.